The number of aryl methyl sites for hydroxylation is 1. The first-order chi connectivity index (χ1) is 16.0. The maximum absolute atomic E-state index is 12.5. The molecule has 0 fully saturated rings. The molecule has 0 unspecified atom stereocenters. The van der Waals surface area contributed by atoms with Gasteiger partial charge in [-0.15, -0.1) is 0 Å². The van der Waals surface area contributed by atoms with Crippen molar-refractivity contribution in [3.8, 4) is 11.5 Å². The van der Waals surface area contributed by atoms with E-state index in [0.29, 0.717) is 24.1 Å². The van der Waals surface area contributed by atoms with Crippen molar-refractivity contribution in [2.24, 2.45) is 10.1 Å². The summed E-state index contributed by atoms with van der Waals surface area (Å²) < 4.78 is 11.4. The number of hydrogen-bond acceptors (Lipinski definition) is 6. The van der Waals surface area contributed by atoms with Gasteiger partial charge in [0.25, 0.3) is 5.91 Å². The highest BCUT2D eigenvalue weighted by molar-refractivity contribution is 8.26. The summed E-state index contributed by atoms with van der Waals surface area (Å²) >= 11 is 1.37. The van der Waals surface area contributed by atoms with Gasteiger partial charge in [-0.05, 0) is 67.4 Å². The van der Waals surface area contributed by atoms with Crippen LogP contribution >= 0.6 is 11.8 Å². The van der Waals surface area contributed by atoms with Gasteiger partial charge < -0.3 is 9.47 Å². The van der Waals surface area contributed by atoms with Crippen molar-refractivity contribution in [2.75, 3.05) is 13.2 Å². The summed E-state index contributed by atoms with van der Waals surface area (Å²) in [4.78, 5) is 16.7. The number of amidine groups is 2. The molecule has 0 saturated carbocycles. The Morgan fingerprint density at radius 2 is 1.67 bits per heavy atom. The number of ether oxygens (including phenoxy) is 2. The minimum atomic E-state index is -0.417. The van der Waals surface area contributed by atoms with E-state index in [0.717, 1.165) is 35.6 Å². The van der Waals surface area contributed by atoms with E-state index in [1.807, 2.05) is 55.5 Å². The van der Waals surface area contributed by atoms with E-state index in [9.17, 15) is 4.79 Å². The van der Waals surface area contributed by atoms with Crippen LogP contribution in [0.5, 0.6) is 11.5 Å². The van der Waals surface area contributed by atoms with Crippen LogP contribution in [0.25, 0.3) is 6.08 Å². The van der Waals surface area contributed by atoms with Crippen molar-refractivity contribution >= 4 is 39.8 Å². The number of nitrogens with one attached hydrogen (secondary N) is 1. The summed E-state index contributed by atoms with van der Waals surface area (Å²) in [5.41, 5.74) is 2.20. The van der Waals surface area contributed by atoms with E-state index in [1.165, 1.54) is 22.3 Å². The number of carbonyl (C=O) groups excluding carboxylic acids is 1. The lowest BCUT2D eigenvalue weighted by molar-refractivity contribution is -0.114. The maximum atomic E-state index is 12.5. The topological polar surface area (TPSA) is 87.3 Å². The Balaban J connectivity index is 1.34. The molecule has 170 valence electrons. The molecule has 8 heteroatoms. The summed E-state index contributed by atoms with van der Waals surface area (Å²) in [5.74, 6) is 1.16. The first kappa shape index (κ1) is 22.8. The zero-order chi connectivity index (χ0) is 23.2. The fraction of sp³-hybridized carbons (Fsp3) is 0.280. The van der Waals surface area contributed by atoms with Gasteiger partial charge in [-0.1, -0.05) is 43.2 Å². The molecule has 0 aromatic heterocycles. The minimum absolute atomic E-state index is 0.0533. The lowest BCUT2D eigenvalue weighted by atomic mass is 10.1. The van der Waals surface area contributed by atoms with Gasteiger partial charge in [0.15, 0.2) is 5.84 Å². The van der Waals surface area contributed by atoms with Gasteiger partial charge in [0.1, 0.15) is 29.8 Å². The number of thioether (sulfide) groups is 1. The average molecular weight is 463 g/mol. The van der Waals surface area contributed by atoms with Crippen molar-refractivity contribution in [3.63, 3.8) is 0 Å². The SMILES string of the molecule is CCCCC1=NN2C(=N)C(=Cc3ccc(OCCOc4ccc(C)cc4)cc3)C(=O)N=C2S1. The fourth-order valence-corrected chi connectivity index (χ4v) is 4.17. The van der Waals surface area contributed by atoms with Gasteiger partial charge in [-0.2, -0.15) is 15.1 Å². The van der Waals surface area contributed by atoms with Gasteiger partial charge in [-0.25, -0.2) is 0 Å². The predicted octanol–water partition coefficient (Wildman–Crippen LogP) is 5.26. The Labute approximate surface area is 197 Å². The Hall–Kier alpha value is -3.39. The molecule has 7 nitrogen and oxygen atoms in total. The molecule has 33 heavy (non-hydrogen) atoms. The third kappa shape index (κ3) is 5.70. The van der Waals surface area contributed by atoms with Crippen LogP contribution in [0.3, 0.4) is 0 Å². The summed E-state index contributed by atoms with van der Waals surface area (Å²) in [6.45, 7) is 5.01. The van der Waals surface area contributed by atoms with Crippen LogP contribution in [0, 0.1) is 12.3 Å². The van der Waals surface area contributed by atoms with Crippen LogP contribution in [0.4, 0.5) is 0 Å². The lowest BCUT2D eigenvalue weighted by Gasteiger charge is -2.20. The number of fused-ring (bicyclic) bond motifs is 1. The highest BCUT2D eigenvalue weighted by Gasteiger charge is 2.35. The normalized spacial score (nSPS) is 16.5. The van der Waals surface area contributed by atoms with Gasteiger partial charge in [-0.3, -0.25) is 10.2 Å². The third-order valence-corrected chi connectivity index (χ3v) is 6.04. The molecule has 0 aliphatic carbocycles. The van der Waals surface area contributed by atoms with Crippen LogP contribution < -0.4 is 9.47 Å². The molecular formula is C25H26N4O3S. The van der Waals surface area contributed by atoms with Crippen LogP contribution in [-0.2, 0) is 4.79 Å². The van der Waals surface area contributed by atoms with E-state index in [4.69, 9.17) is 14.9 Å². The largest absolute Gasteiger partial charge is 0.490 e. The molecule has 2 aliphatic rings. The second-order valence-electron chi connectivity index (χ2n) is 7.70. The molecule has 0 saturated heterocycles. The second-order valence-corrected chi connectivity index (χ2v) is 8.74. The lowest BCUT2D eigenvalue weighted by Crippen LogP contribution is -2.35. The van der Waals surface area contributed by atoms with Crippen molar-refractivity contribution in [2.45, 2.75) is 33.1 Å². The second kappa shape index (κ2) is 10.5. The molecule has 0 atom stereocenters. The number of unbranched alkanes of at least 4 members (excludes halogenated alkanes) is 1. The Kier molecular flexibility index (Phi) is 7.24. The van der Waals surface area contributed by atoms with Gasteiger partial charge >= 0.3 is 0 Å². The molecule has 0 radical (unpaired) electrons. The number of amides is 1. The molecule has 1 amide bonds. The van der Waals surface area contributed by atoms with Crippen LogP contribution in [-0.4, -0.2) is 40.2 Å². The zero-order valence-electron chi connectivity index (χ0n) is 18.7. The number of nitrogens with zero attached hydrogens (tertiary/aromatic N) is 3. The number of aliphatic imine (C=N–C) groups is 1. The monoisotopic (exact) mass is 462 g/mol. The Morgan fingerprint density at radius 1 is 1.03 bits per heavy atom. The predicted molar refractivity (Wildman–Crippen MR) is 133 cm³/mol. The Morgan fingerprint density at radius 3 is 2.30 bits per heavy atom. The Bertz CT molecular complexity index is 1120. The molecule has 2 aromatic rings. The third-order valence-electron chi connectivity index (χ3n) is 5.07. The molecule has 0 spiro atoms. The molecule has 2 heterocycles. The number of carbonyl (C=O) groups is 1. The summed E-state index contributed by atoms with van der Waals surface area (Å²) in [6.07, 6.45) is 4.57. The molecule has 2 aliphatic heterocycles. The molecule has 1 N–H and O–H groups in total. The average Bonchev–Trinajstić information content (AvgIpc) is 3.23. The highest BCUT2D eigenvalue weighted by atomic mass is 32.2. The highest BCUT2D eigenvalue weighted by Crippen LogP contribution is 2.30. The van der Waals surface area contributed by atoms with E-state index < -0.39 is 5.91 Å². The van der Waals surface area contributed by atoms with Gasteiger partial charge in [0.05, 0.1) is 5.57 Å². The van der Waals surface area contributed by atoms with E-state index in [2.05, 4.69) is 17.0 Å². The first-order valence-electron chi connectivity index (χ1n) is 10.9. The van der Waals surface area contributed by atoms with Crippen molar-refractivity contribution in [1.29, 1.82) is 5.41 Å². The van der Waals surface area contributed by atoms with E-state index in [-0.39, 0.29) is 11.4 Å². The van der Waals surface area contributed by atoms with Crippen molar-refractivity contribution in [1.82, 2.24) is 5.01 Å². The molecule has 2 aromatic carbocycles. The summed E-state index contributed by atoms with van der Waals surface area (Å²) in [7, 11) is 0. The van der Waals surface area contributed by atoms with Crippen molar-refractivity contribution < 1.29 is 14.3 Å². The number of benzene rings is 2. The fourth-order valence-electron chi connectivity index (χ4n) is 3.24. The summed E-state index contributed by atoms with van der Waals surface area (Å²) in [6, 6.07) is 15.2. The molecular weight excluding hydrogens is 436 g/mol. The van der Waals surface area contributed by atoms with E-state index in [1.54, 1.807) is 6.08 Å². The number of hydrazone groups is 1. The van der Waals surface area contributed by atoms with Gasteiger partial charge in [0.2, 0.25) is 5.17 Å². The van der Waals surface area contributed by atoms with Crippen LogP contribution in [0.15, 0.2) is 64.2 Å². The number of hydrogen-bond donors (Lipinski definition) is 1. The number of rotatable bonds is 9. The minimum Gasteiger partial charge on any atom is -0.490 e. The maximum Gasteiger partial charge on any atom is 0.283 e. The first-order valence-corrected chi connectivity index (χ1v) is 11.8. The molecule has 4 rings (SSSR count). The standard InChI is InChI=1S/C25H26N4O3S/c1-3-4-5-22-28-29-23(26)21(24(30)27-25(29)33-22)16-18-8-12-20(13-9-18)32-15-14-31-19-10-6-17(2)7-11-19/h6-13,16,26H,3-5,14-15H2,1-2H3. The summed E-state index contributed by atoms with van der Waals surface area (Å²) in [5, 5.41) is 15.7. The van der Waals surface area contributed by atoms with Crippen molar-refractivity contribution in [3.05, 3.63) is 65.2 Å². The van der Waals surface area contributed by atoms with Gasteiger partial charge in [0, 0.05) is 0 Å². The smallest absolute Gasteiger partial charge is 0.283 e. The van der Waals surface area contributed by atoms with Crippen LogP contribution in [0.2, 0.25) is 0 Å². The molecule has 0 bridgehead atoms. The van der Waals surface area contributed by atoms with E-state index >= 15 is 0 Å². The quantitative estimate of drug-likeness (QED) is 0.406. The van der Waals surface area contributed by atoms with Crippen LogP contribution in [0.1, 0.15) is 37.3 Å². The zero-order valence-corrected chi connectivity index (χ0v) is 19.5.